The zero-order valence-electron chi connectivity index (χ0n) is 14.5. The zero-order valence-corrected chi connectivity index (χ0v) is 14.5. The number of hydrogen-bond acceptors (Lipinski definition) is 6. The molecule has 1 aromatic rings. The Balaban J connectivity index is 2.65. The molecule has 130 valence electrons. The number of ether oxygens (including phenoxy) is 4. The first-order valence-corrected chi connectivity index (χ1v) is 7.82. The van der Waals surface area contributed by atoms with Gasteiger partial charge >= 0.3 is 17.7 Å². The van der Waals surface area contributed by atoms with Crippen molar-refractivity contribution in [2.24, 2.45) is 0 Å². The predicted octanol–water partition coefficient (Wildman–Crippen LogP) is 3.02. The van der Waals surface area contributed by atoms with Gasteiger partial charge in [-0.1, -0.05) is 30.3 Å². The van der Waals surface area contributed by atoms with Crippen molar-refractivity contribution in [3.63, 3.8) is 0 Å². The molecule has 0 spiro atoms. The molecule has 6 heteroatoms. The summed E-state index contributed by atoms with van der Waals surface area (Å²) < 4.78 is 22.3. The van der Waals surface area contributed by atoms with Gasteiger partial charge in [0.05, 0.1) is 12.2 Å². The van der Waals surface area contributed by atoms with Crippen molar-refractivity contribution in [2.75, 3.05) is 0 Å². The highest BCUT2D eigenvalue weighted by Crippen LogP contribution is 2.44. The zero-order chi connectivity index (χ0) is 17.9. The summed E-state index contributed by atoms with van der Waals surface area (Å²) >= 11 is 0. The summed E-state index contributed by atoms with van der Waals surface area (Å²) in [6.07, 6.45) is -0.555. The van der Waals surface area contributed by atoms with Crippen molar-refractivity contribution in [3.8, 4) is 0 Å². The quantitative estimate of drug-likeness (QED) is 0.745. The summed E-state index contributed by atoms with van der Waals surface area (Å²) in [6, 6.07) is 8.70. The minimum absolute atomic E-state index is 0.0533. The van der Waals surface area contributed by atoms with Crippen LogP contribution in [0.25, 0.3) is 0 Å². The molecule has 6 nitrogen and oxygen atoms in total. The van der Waals surface area contributed by atoms with Crippen molar-refractivity contribution >= 4 is 11.9 Å². The molecule has 0 N–H and O–H groups in total. The molecule has 1 aromatic carbocycles. The largest absolute Gasteiger partial charge is 0.484 e. The third-order valence-corrected chi connectivity index (χ3v) is 3.08. The maximum absolute atomic E-state index is 12.4. The second-order valence-electron chi connectivity index (χ2n) is 5.96. The van der Waals surface area contributed by atoms with Crippen LogP contribution in [0, 0.1) is 0 Å². The second-order valence-corrected chi connectivity index (χ2v) is 5.96. The van der Waals surface area contributed by atoms with Gasteiger partial charge in [0, 0.05) is 12.5 Å². The fraction of sp³-hybridized carbons (Fsp3) is 0.444. The Morgan fingerprint density at radius 3 is 2.12 bits per heavy atom. The molecule has 1 heterocycles. The molecule has 0 saturated carbocycles. The van der Waals surface area contributed by atoms with E-state index in [4.69, 9.17) is 18.9 Å². The maximum Gasteiger partial charge on any atom is 0.381 e. The summed E-state index contributed by atoms with van der Waals surface area (Å²) in [7, 11) is 0. The normalized spacial score (nSPS) is 20.4. The molecule has 0 amide bonds. The molecule has 0 radical (unpaired) electrons. The van der Waals surface area contributed by atoms with E-state index >= 15 is 0 Å². The molecule has 1 aliphatic rings. The van der Waals surface area contributed by atoms with E-state index in [1.807, 2.05) is 0 Å². The van der Waals surface area contributed by atoms with Crippen LogP contribution >= 0.6 is 0 Å². The standard InChI is InChI=1S/C18H22O6/c1-11(2)21-15-16(22-12(3)4)18(23-13(5)19,24-17(15)20)14-9-7-6-8-10-14/h6-12H,1-5H3. The Kier molecular flexibility index (Phi) is 5.17. The Morgan fingerprint density at radius 2 is 1.62 bits per heavy atom. The molecule has 0 bridgehead atoms. The average molecular weight is 334 g/mol. The van der Waals surface area contributed by atoms with E-state index in [9.17, 15) is 9.59 Å². The van der Waals surface area contributed by atoms with E-state index in [2.05, 4.69) is 0 Å². The van der Waals surface area contributed by atoms with Gasteiger partial charge in [0.1, 0.15) is 0 Å². The lowest BCUT2D eigenvalue weighted by atomic mass is 10.0. The predicted molar refractivity (Wildman–Crippen MR) is 85.4 cm³/mol. The van der Waals surface area contributed by atoms with Crippen molar-refractivity contribution in [1.82, 2.24) is 0 Å². The molecule has 1 atom stereocenters. The summed E-state index contributed by atoms with van der Waals surface area (Å²) in [5, 5.41) is 0. The summed E-state index contributed by atoms with van der Waals surface area (Å²) in [4.78, 5) is 24.1. The maximum atomic E-state index is 12.4. The van der Waals surface area contributed by atoms with Crippen LogP contribution in [0.3, 0.4) is 0 Å². The van der Waals surface area contributed by atoms with Crippen molar-refractivity contribution < 1.29 is 28.5 Å². The molecule has 0 aromatic heterocycles. The molecule has 1 unspecified atom stereocenters. The van der Waals surface area contributed by atoms with Gasteiger partial charge < -0.3 is 18.9 Å². The molecule has 24 heavy (non-hydrogen) atoms. The van der Waals surface area contributed by atoms with E-state index in [0.29, 0.717) is 5.56 Å². The first-order valence-electron chi connectivity index (χ1n) is 7.82. The van der Waals surface area contributed by atoms with Crippen molar-refractivity contribution in [2.45, 2.75) is 52.6 Å². The van der Waals surface area contributed by atoms with E-state index in [0.717, 1.165) is 0 Å². The van der Waals surface area contributed by atoms with Gasteiger partial charge in [-0.05, 0) is 27.7 Å². The summed E-state index contributed by atoms with van der Waals surface area (Å²) in [5.41, 5.74) is 0.464. The summed E-state index contributed by atoms with van der Waals surface area (Å²) in [6.45, 7) is 8.40. The van der Waals surface area contributed by atoms with Gasteiger partial charge in [-0.2, -0.15) is 0 Å². The highest BCUT2D eigenvalue weighted by Gasteiger charge is 2.56. The third-order valence-electron chi connectivity index (χ3n) is 3.08. The minimum Gasteiger partial charge on any atom is -0.484 e. The van der Waals surface area contributed by atoms with Crippen LogP contribution in [0.4, 0.5) is 0 Å². The molecule has 1 aliphatic heterocycles. The first-order chi connectivity index (χ1) is 11.3. The Labute approximate surface area is 141 Å². The van der Waals surface area contributed by atoms with Crippen LogP contribution in [0.15, 0.2) is 41.9 Å². The van der Waals surface area contributed by atoms with Crippen molar-refractivity contribution in [3.05, 3.63) is 47.4 Å². The monoisotopic (exact) mass is 334 g/mol. The SMILES string of the molecule is CC(=O)OC1(c2ccccc2)OC(=O)C(OC(C)C)=C1OC(C)C. The minimum atomic E-state index is -1.78. The average Bonchev–Trinajstić information content (AvgIpc) is 2.72. The number of carbonyl (C=O) groups excluding carboxylic acids is 2. The van der Waals surface area contributed by atoms with E-state index < -0.39 is 17.7 Å². The number of hydrogen-bond donors (Lipinski definition) is 0. The first kappa shape index (κ1) is 17.8. The van der Waals surface area contributed by atoms with Crippen LogP contribution in [-0.4, -0.2) is 24.1 Å². The lowest BCUT2D eigenvalue weighted by Gasteiger charge is -2.30. The molecular formula is C18H22O6. The molecular weight excluding hydrogens is 312 g/mol. The fourth-order valence-corrected chi connectivity index (χ4v) is 2.35. The van der Waals surface area contributed by atoms with Crippen LogP contribution in [0.5, 0.6) is 0 Å². The second kappa shape index (κ2) is 6.95. The highest BCUT2D eigenvalue weighted by atomic mass is 16.8. The number of esters is 2. The number of cyclic esters (lactones) is 1. The van der Waals surface area contributed by atoms with E-state index in [1.165, 1.54) is 6.92 Å². The number of benzene rings is 1. The van der Waals surface area contributed by atoms with Gasteiger partial charge in [0.2, 0.25) is 5.76 Å². The topological polar surface area (TPSA) is 71.1 Å². The fourth-order valence-electron chi connectivity index (χ4n) is 2.35. The Bertz CT molecular complexity index is 647. The van der Waals surface area contributed by atoms with Gasteiger partial charge in [-0.25, -0.2) is 4.79 Å². The third kappa shape index (κ3) is 3.53. The van der Waals surface area contributed by atoms with Gasteiger partial charge in [-0.15, -0.1) is 0 Å². The lowest BCUT2D eigenvalue weighted by molar-refractivity contribution is -0.221. The molecule has 0 saturated heterocycles. The van der Waals surface area contributed by atoms with Crippen LogP contribution < -0.4 is 0 Å². The van der Waals surface area contributed by atoms with Crippen LogP contribution in [0.1, 0.15) is 40.2 Å². The summed E-state index contributed by atoms with van der Waals surface area (Å²) in [5.74, 6) is -3.15. The number of rotatable bonds is 6. The lowest BCUT2D eigenvalue weighted by Crippen LogP contribution is -2.36. The Hall–Kier alpha value is -2.50. The van der Waals surface area contributed by atoms with Crippen LogP contribution in [0.2, 0.25) is 0 Å². The highest BCUT2D eigenvalue weighted by molar-refractivity contribution is 5.91. The smallest absolute Gasteiger partial charge is 0.381 e. The van der Waals surface area contributed by atoms with Crippen LogP contribution in [-0.2, 0) is 34.3 Å². The van der Waals surface area contributed by atoms with Gasteiger partial charge in [-0.3, -0.25) is 4.79 Å². The van der Waals surface area contributed by atoms with E-state index in [-0.39, 0.29) is 23.7 Å². The van der Waals surface area contributed by atoms with E-state index in [1.54, 1.807) is 58.0 Å². The van der Waals surface area contributed by atoms with Gasteiger partial charge in [0.15, 0.2) is 0 Å². The molecule has 0 fully saturated rings. The molecule has 2 rings (SSSR count). The van der Waals surface area contributed by atoms with Crippen molar-refractivity contribution in [1.29, 1.82) is 0 Å². The number of carbonyl (C=O) groups is 2. The molecule has 0 aliphatic carbocycles. The van der Waals surface area contributed by atoms with Gasteiger partial charge in [0.25, 0.3) is 5.76 Å². The Morgan fingerprint density at radius 1 is 1.04 bits per heavy atom.